The molecule has 0 radical (unpaired) electrons. The molecule has 4 heteroatoms. The summed E-state index contributed by atoms with van der Waals surface area (Å²) in [7, 11) is 0. The van der Waals surface area contributed by atoms with Crippen LogP contribution in [0.4, 0.5) is 8.78 Å². The van der Waals surface area contributed by atoms with Gasteiger partial charge in [-0.3, -0.25) is 0 Å². The van der Waals surface area contributed by atoms with E-state index in [1.165, 1.54) is 11.3 Å². The maximum atomic E-state index is 15.3. The SMILES string of the molecule is CCCc1ccc2cc3c(sc4c(F)c(OC5CCC5)ccc43)c(F)c2c1. The third-order valence-corrected chi connectivity index (χ3v) is 6.74. The van der Waals surface area contributed by atoms with E-state index < -0.39 is 0 Å². The summed E-state index contributed by atoms with van der Waals surface area (Å²) >= 11 is 1.19. The van der Waals surface area contributed by atoms with Gasteiger partial charge in [0.2, 0.25) is 0 Å². The molecule has 0 aliphatic heterocycles. The van der Waals surface area contributed by atoms with Crippen molar-refractivity contribution in [2.45, 2.75) is 45.1 Å². The first-order valence-corrected chi connectivity index (χ1v) is 10.4. The maximum absolute atomic E-state index is 15.3. The molecule has 1 saturated carbocycles. The van der Waals surface area contributed by atoms with Crippen molar-refractivity contribution in [3.63, 3.8) is 0 Å². The molecular formula is C23H20F2OS. The second-order valence-corrected chi connectivity index (χ2v) is 8.42. The summed E-state index contributed by atoms with van der Waals surface area (Å²) in [4.78, 5) is 0. The van der Waals surface area contributed by atoms with Gasteiger partial charge in [-0.2, -0.15) is 0 Å². The summed E-state index contributed by atoms with van der Waals surface area (Å²) in [6.07, 6.45) is 5.15. The average molecular weight is 382 g/mol. The van der Waals surface area contributed by atoms with Gasteiger partial charge in [0.25, 0.3) is 0 Å². The van der Waals surface area contributed by atoms with Gasteiger partial charge in [-0.25, -0.2) is 8.78 Å². The fraction of sp³-hybridized carbons (Fsp3) is 0.304. The second kappa shape index (κ2) is 6.45. The van der Waals surface area contributed by atoms with Gasteiger partial charge in [0.15, 0.2) is 11.6 Å². The van der Waals surface area contributed by atoms with Crippen LogP contribution in [0, 0.1) is 11.6 Å². The molecule has 5 rings (SSSR count). The Bertz CT molecular complexity index is 1170. The smallest absolute Gasteiger partial charge is 0.182 e. The first kappa shape index (κ1) is 16.9. The Labute approximate surface area is 160 Å². The topological polar surface area (TPSA) is 9.23 Å². The van der Waals surface area contributed by atoms with Crippen LogP contribution in [0.3, 0.4) is 0 Å². The molecule has 3 aromatic carbocycles. The standard InChI is InChI=1S/C23H20F2OS/c1-2-4-13-7-8-14-12-18-16-9-10-19(26-15-5-3-6-15)21(25)22(16)27-23(18)20(24)17(14)11-13/h7-12,15H,2-6H2,1H3. The Kier molecular flexibility index (Phi) is 4.05. The zero-order valence-corrected chi connectivity index (χ0v) is 16.0. The Morgan fingerprint density at radius 2 is 1.78 bits per heavy atom. The van der Waals surface area contributed by atoms with Crippen molar-refractivity contribution < 1.29 is 13.5 Å². The highest BCUT2D eigenvalue weighted by atomic mass is 32.1. The molecule has 0 amide bonds. The number of benzene rings is 3. The summed E-state index contributed by atoms with van der Waals surface area (Å²) < 4.78 is 37.1. The van der Waals surface area contributed by atoms with Crippen LogP contribution in [0.25, 0.3) is 30.9 Å². The van der Waals surface area contributed by atoms with Crippen molar-refractivity contribution in [3.8, 4) is 5.75 Å². The summed E-state index contributed by atoms with van der Waals surface area (Å²) in [5.74, 6) is -0.327. The Morgan fingerprint density at radius 3 is 2.52 bits per heavy atom. The first-order valence-electron chi connectivity index (χ1n) is 9.58. The van der Waals surface area contributed by atoms with Gasteiger partial charge in [0, 0.05) is 16.2 Å². The van der Waals surface area contributed by atoms with Crippen molar-refractivity contribution >= 4 is 42.3 Å². The number of halogens is 2. The minimum absolute atomic E-state index is 0.114. The molecule has 0 spiro atoms. The van der Waals surface area contributed by atoms with Gasteiger partial charge in [-0.15, -0.1) is 11.3 Å². The van der Waals surface area contributed by atoms with E-state index in [1.807, 2.05) is 24.3 Å². The van der Waals surface area contributed by atoms with E-state index in [2.05, 4.69) is 13.0 Å². The zero-order chi connectivity index (χ0) is 18.5. The quantitative estimate of drug-likeness (QED) is 0.358. The molecule has 1 nitrogen and oxygen atoms in total. The lowest BCUT2D eigenvalue weighted by Crippen LogP contribution is -2.24. The molecule has 1 heterocycles. The number of rotatable bonds is 4. The van der Waals surface area contributed by atoms with E-state index >= 15 is 8.78 Å². The fourth-order valence-electron chi connectivity index (χ4n) is 3.84. The molecule has 0 N–H and O–H groups in total. The fourth-order valence-corrected chi connectivity index (χ4v) is 5.00. The second-order valence-electron chi connectivity index (χ2n) is 7.40. The monoisotopic (exact) mass is 382 g/mol. The van der Waals surface area contributed by atoms with Gasteiger partial charge in [-0.1, -0.05) is 25.5 Å². The molecule has 1 fully saturated rings. The molecule has 0 bridgehead atoms. The average Bonchev–Trinajstić information content (AvgIpc) is 3.00. The minimum atomic E-state index is -0.365. The van der Waals surface area contributed by atoms with Crippen LogP contribution in [-0.2, 0) is 6.42 Å². The summed E-state index contributed by atoms with van der Waals surface area (Å²) in [5, 5.41) is 3.00. The summed E-state index contributed by atoms with van der Waals surface area (Å²) in [5.41, 5.74) is 1.13. The van der Waals surface area contributed by atoms with Crippen molar-refractivity contribution in [3.05, 3.63) is 53.6 Å². The van der Waals surface area contributed by atoms with Crippen LogP contribution in [0.5, 0.6) is 5.75 Å². The van der Waals surface area contributed by atoms with Gasteiger partial charge >= 0.3 is 0 Å². The zero-order valence-electron chi connectivity index (χ0n) is 15.1. The van der Waals surface area contributed by atoms with Crippen molar-refractivity contribution in [1.82, 2.24) is 0 Å². The molecule has 1 aliphatic carbocycles. The van der Waals surface area contributed by atoms with Gasteiger partial charge in [0.1, 0.15) is 5.82 Å². The highest BCUT2D eigenvalue weighted by Crippen LogP contribution is 2.42. The summed E-state index contributed by atoms with van der Waals surface area (Å²) in [6, 6.07) is 11.5. The van der Waals surface area contributed by atoms with Crippen LogP contribution in [0.1, 0.15) is 38.2 Å². The molecule has 0 unspecified atom stereocenters. The largest absolute Gasteiger partial charge is 0.487 e. The van der Waals surface area contributed by atoms with Crippen LogP contribution in [0.15, 0.2) is 36.4 Å². The molecule has 138 valence electrons. The number of aryl methyl sites for hydroxylation is 1. The van der Waals surface area contributed by atoms with Gasteiger partial charge in [-0.05, 0) is 60.9 Å². The number of hydrogen-bond donors (Lipinski definition) is 0. The van der Waals surface area contributed by atoms with Gasteiger partial charge in [0.05, 0.1) is 15.5 Å². The van der Waals surface area contributed by atoms with Crippen LogP contribution in [0.2, 0.25) is 0 Å². The molecule has 0 atom stereocenters. The van der Waals surface area contributed by atoms with Crippen molar-refractivity contribution in [2.24, 2.45) is 0 Å². The molecule has 1 aromatic heterocycles. The molecular weight excluding hydrogens is 362 g/mol. The number of ether oxygens (including phenoxy) is 1. The normalized spacial score (nSPS) is 14.9. The van der Waals surface area contributed by atoms with Crippen molar-refractivity contribution in [2.75, 3.05) is 0 Å². The van der Waals surface area contributed by atoms with Crippen LogP contribution < -0.4 is 4.74 Å². The number of hydrogen-bond acceptors (Lipinski definition) is 2. The molecule has 27 heavy (non-hydrogen) atoms. The highest BCUT2D eigenvalue weighted by molar-refractivity contribution is 7.26. The predicted molar refractivity (Wildman–Crippen MR) is 109 cm³/mol. The third kappa shape index (κ3) is 2.69. The Hall–Kier alpha value is -2.20. The lowest BCUT2D eigenvalue weighted by molar-refractivity contribution is 0.115. The summed E-state index contributed by atoms with van der Waals surface area (Å²) in [6.45, 7) is 2.11. The lowest BCUT2D eigenvalue weighted by atomic mass is 9.96. The first-order chi connectivity index (χ1) is 13.2. The number of thiophene rings is 1. The van der Waals surface area contributed by atoms with E-state index in [0.29, 0.717) is 14.8 Å². The van der Waals surface area contributed by atoms with E-state index in [0.717, 1.165) is 53.8 Å². The lowest BCUT2D eigenvalue weighted by Gasteiger charge is -2.26. The van der Waals surface area contributed by atoms with Crippen LogP contribution in [-0.4, -0.2) is 6.10 Å². The van der Waals surface area contributed by atoms with E-state index in [-0.39, 0.29) is 23.5 Å². The Morgan fingerprint density at radius 1 is 0.963 bits per heavy atom. The number of fused-ring (bicyclic) bond motifs is 4. The van der Waals surface area contributed by atoms with E-state index in [4.69, 9.17) is 4.74 Å². The van der Waals surface area contributed by atoms with Gasteiger partial charge < -0.3 is 4.74 Å². The molecule has 4 aromatic rings. The van der Waals surface area contributed by atoms with Crippen LogP contribution >= 0.6 is 11.3 Å². The van der Waals surface area contributed by atoms with E-state index in [1.54, 1.807) is 6.07 Å². The Balaban J connectivity index is 1.71. The highest BCUT2D eigenvalue weighted by Gasteiger charge is 2.23. The third-order valence-electron chi connectivity index (χ3n) is 5.54. The minimum Gasteiger partial charge on any atom is -0.487 e. The molecule has 1 aliphatic rings. The predicted octanol–water partition coefficient (Wildman–Crippen LogP) is 7.37. The van der Waals surface area contributed by atoms with Crippen molar-refractivity contribution in [1.29, 1.82) is 0 Å². The maximum Gasteiger partial charge on any atom is 0.182 e. The molecule has 0 saturated heterocycles. The van der Waals surface area contributed by atoms with E-state index in [9.17, 15) is 0 Å².